The third kappa shape index (κ3) is 5.24. The third-order valence-electron chi connectivity index (χ3n) is 5.49. The van der Waals surface area contributed by atoms with Gasteiger partial charge in [-0.2, -0.15) is 0 Å². The van der Waals surface area contributed by atoms with Gasteiger partial charge in [-0.25, -0.2) is 4.79 Å². The van der Waals surface area contributed by atoms with E-state index in [1.54, 1.807) is 6.07 Å². The lowest BCUT2D eigenvalue weighted by Gasteiger charge is -2.23. The van der Waals surface area contributed by atoms with Crippen LogP contribution in [0.25, 0.3) is 0 Å². The van der Waals surface area contributed by atoms with Crippen LogP contribution in [-0.2, 0) is 28.9 Å². The van der Waals surface area contributed by atoms with Crippen molar-refractivity contribution < 1.29 is 14.3 Å². The maximum absolute atomic E-state index is 13.2. The minimum absolute atomic E-state index is 0.130. The zero-order valence-corrected chi connectivity index (χ0v) is 17.7. The highest BCUT2D eigenvalue weighted by Crippen LogP contribution is 2.21. The molecule has 1 aliphatic carbocycles. The van der Waals surface area contributed by atoms with Crippen molar-refractivity contribution in [2.75, 3.05) is 7.11 Å². The number of ether oxygens (including phenoxy) is 1. The van der Waals surface area contributed by atoms with Crippen molar-refractivity contribution in [3.63, 3.8) is 0 Å². The molecule has 0 fully saturated rings. The first-order valence-corrected chi connectivity index (χ1v) is 10.5. The topological polar surface area (TPSA) is 77.4 Å². The summed E-state index contributed by atoms with van der Waals surface area (Å²) < 4.78 is 6.61. The number of aryl methyl sites for hydroxylation is 1. The number of rotatable bonds is 7. The van der Waals surface area contributed by atoms with Crippen LogP contribution in [0, 0.1) is 5.92 Å². The van der Waals surface area contributed by atoms with E-state index in [1.807, 2.05) is 18.4 Å². The fourth-order valence-corrected chi connectivity index (χ4v) is 3.79. The van der Waals surface area contributed by atoms with Crippen LogP contribution >= 0.6 is 0 Å². The van der Waals surface area contributed by atoms with E-state index in [0.717, 1.165) is 49.8 Å². The lowest BCUT2D eigenvalue weighted by atomic mass is 9.95. The number of amides is 1. The first-order valence-electron chi connectivity index (χ1n) is 10.5. The summed E-state index contributed by atoms with van der Waals surface area (Å²) in [5.74, 6) is -1.13. The minimum Gasteiger partial charge on any atom is -0.467 e. The molecule has 0 aliphatic heterocycles. The van der Waals surface area contributed by atoms with E-state index in [-0.39, 0.29) is 17.0 Å². The van der Waals surface area contributed by atoms with Crippen molar-refractivity contribution in [3.05, 3.63) is 33.2 Å². The average molecular weight is 391 g/mol. The maximum Gasteiger partial charge on any atom is 0.328 e. The molecule has 6 nitrogen and oxygen atoms in total. The van der Waals surface area contributed by atoms with Crippen LogP contribution in [0.1, 0.15) is 80.9 Å². The SMILES string of the molecule is CCCCn1c2c(cc(C(=O)NC(C(=O)OC)C(C)C)c1=O)CCCCCC2. The van der Waals surface area contributed by atoms with Crippen molar-refractivity contribution in [1.82, 2.24) is 9.88 Å². The van der Waals surface area contributed by atoms with Gasteiger partial charge in [-0.05, 0) is 49.7 Å². The van der Waals surface area contributed by atoms with Crippen molar-refractivity contribution in [1.29, 1.82) is 0 Å². The Hall–Kier alpha value is -2.11. The van der Waals surface area contributed by atoms with E-state index in [9.17, 15) is 14.4 Å². The first-order chi connectivity index (χ1) is 13.4. The van der Waals surface area contributed by atoms with Crippen LogP contribution in [0.5, 0.6) is 0 Å². The lowest BCUT2D eigenvalue weighted by molar-refractivity contribution is -0.144. The van der Waals surface area contributed by atoms with Crippen LogP contribution in [0.4, 0.5) is 0 Å². The Morgan fingerprint density at radius 2 is 1.86 bits per heavy atom. The van der Waals surface area contributed by atoms with Gasteiger partial charge in [0.2, 0.25) is 0 Å². The molecular formula is C22H34N2O4. The summed E-state index contributed by atoms with van der Waals surface area (Å²) in [4.78, 5) is 38.1. The molecule has 0 radical (unpaired) electrons. The molecule has 1 aromatic rings. The Morgan fingerprint density at radius 1 is 1.18 bits per heavy atom. The highest BCUT2D eigenvalue weighted by atomic mass is 16.5. The smallest absolute Gasteiger partial charge is 0.328 e. The molecule has 0 saturated heterocycles. The van der Waals surface area contributed by atoms with Gasteiger partial charge in [0.1, 0.15) is 11.6 Å². The molecule has 0 saturated carbocycles. The molecule has 1 amide bonds. The lowest BCUT2D eigenvalue weighted by Crippen LogP contribution is -2.47. The number of methoxy groups -OCH3 is 1. The zero-order chi connectivity index (χ0) is 20.7. The Labute approximate surface area is 167 Å². The van der Waals surface area contributed by atoms with Gasteiger partial charge < -0.3 is 14.6 Å². The van der Waals surface area contributed by atoms with Crippen molar-refractivity contribution >= 4 is 11.9 Å². The van der Waals surface area contributed by atoms with Gasteiger partial charge in [0.05, 0.1) is 7.11 Å². The summed E-state index contributed by atoms with van der Waals surface area (Å²) in [7, 11) is 1.30. The van der Waals surface area contributed by atoms with Gasteiger partial charge in [-0.1, -0.05) is 40.0 Å². The van der Waals surface area contributed by atoms with Gasteiger partial charge in [-0.3, -0.25) is 9.59 Å². The fourth-order valence-electron chi connectivity index (χ4n) is 3.79. The van der Waals surface area contributed by atoms with Gasteiger partial charge >= 0.3 is 5.97 Å². The van der Waals surface area contributed by atoms with E-state index >= 15 is 0 Å². The molecule has 0 aromatic carbocycles. The molecule has 1 atom stereocenters. The maximum atomic E-state index is 13.2. The van der Waals surface area contributed by atoms with E-state index in [0.29, 0.717) is 6.54 Å². The Bertz CT molecular complexity index is 752. The quantitative estimate of drug-likeness (QED) is 0.725. The number of esters is 1. The van der Waals surface area contributed by atoms with Crippen molar-refractivity contribution in [3.8, 4) is 0 Å². The minimum atomic E-state index is -0.775. The van der Waals surface area contributed by atoms with Crippen molar-refractivity contribution in [2.45, 2.75) is 84.7 Å². The highest BCUT2D eigenvalue weighted by molar-refractivity contribution is 5.96. The number of nitrogens with one attached hydrogen (secondary N) is 1. The van der Waals surface area contributed by atoms with E-state index in [1.165, 1.54) is 20.0 Å². The molecule has 1 aromatic heterocycles. The highest BCUT2D eigenvalue weighted by Gasteiger charge is 2.27. The molecule has 156 valence electrons. The predicted octanol–water partition coefficient (Wildman–Crippen LogP) is 3.23. The number of unbranched alkanes of at least 4 members (excludes halogenated alkanes) is 1. The summed E-state index contributed by atoms with van der Waals surface area (Å²) in [6.45, 7) is 6.39. The third-order valence-corrected chi connectivity index (χ3v) is 5.49. The first kappa shape index (κ1) is 22.2. The normalized spacial score (nSPS) is 15.3. The Balaban J connectivity index is 2.45. The summed E-state index contributed by atoms with van der Waals surface area (Å²) in [6, 6.07) is 0.984. The number of hydrogen-bond acceptors (Lipinski definition) is 4. The van der Waals surface area contributed by atoms with E-state index in [4.69, 9.17) is 4.74 Å². The van der Waals surface area contributed by atoms with Crippen LogP contribution in [0.2, 0.25) is 0 Å². The summed E-state index contributed by atoms with van der Waals surface area (Å²) in [5.41, 5.74) is 2.06. The predicted molar refractivity (Wildman–Crippen MR) is 110 cm³/mol. The molecule has 1 unspecified atom stereocenters. The van der Waals surface area contributed by atoms with Crippen molar-refractivity contribution in [2.24, 2.45) is 5.92 Å². The number of hydrogen-bond donors (Lipinski definition) is 1. The molecule has 2 rings (SSSR count). The second-order valence-electron chi connectivity index (χ2n) is 7.97. The number of nitrogens with zero attached hydrogens (tertiary/aromatic N) is 1. The second-order valence-corrected chi connectivity index (χ2v) is 7.97. The van der Waals surface area contributed by atoms with Crippen LogP contribution in [-0.4, -0.2) is 29.6 Å². The molecule has 1 N–H and O–H groups in total. The average Bonchev–Trinajstić information content (AvgIpc) is 2.65. The molecule has 0 bridgehead atoms. The largest absolute Gasteiger partial charge is 0.467 e. The standard InChI is InChI=1S/C22H34N2O4/c1-5-6-13-24-18-12-10-8-7-9-11-16(18)14-17(21(24)26)20(25)23-19(15(2)3)22(27)28-4/h14-15,19H,5-13H2,1-4H3,(H,23,25). The fraction of sp³-hybridized carbons (Fsp3) is 0.682. The number of aromatic nitrogens is 1. The molecule has 6 heteroatoms. The molecule has 0 spiro atoms. The van der Waals surface area contributed by atoms with Gasteiger partial charge in [0.15, 0.2) is 0 Å². The number of carbonyl (C=O) groups is 2. The van der Waals surface area contributed by atoms with Crippen LogP contribution < -0.4 is 10.9 Å². The summed E-state index contributed by atoms with van der Waals surface area (Å²) in [6.07, 6.45) is 8.13. The second kappa shape index (κ2) is 10.4. The van der Waals surface area contributed by atoms with Gasteiger partial charge in [-0.15, -0.1) is 0 Å². The summed E-state index contributed by atoms with van der Waals surface area (Å²) >= 11 is 0. The number of pyridine rings is 1. The molecular weight excluding hydrogens is 356 g/mol. The van der Waals surface area contributed by atoms with Gasteiger partial charge in [0.25, 0.3) is 11.5 Å². The monoisotopic (exact) mass is 390 g/mol. The van der Waals surface area contributed by atoms with Gasteiger partial charge in [0, 0.05) is 12.2 Å². The molecule has 1 aliphatic rings. The Morgan fingerprint density at radius 3 is 2.46 bits per heavy atom. The van der Waals surface area contributed by atoms with E-state index < -0.39 is 17.9 Å². The number of carbonyl (C=O) groups excluding carboxylic acids is 2. The van der Waals surface area contributed by atoms with Crippen LogP contribution in [0.15, 0.2) is 10.9 Å². The van der Waals surface area contributed by atoms with E-state index in [2.05, 4.69) is 12.2 Å². The zero-order valence-electron chi connectivity index (χ0n) is 17.7. The Kier molecular flexibility index (Phi) is 8.27. The molecule has 28 heavy (non-hydrogen) atoms. The molecule has 1 heterocycles. The number of fused-ring (bicyclic) bond motifs is 1. The van der Waals surface area contributed by atoms with Crippen LogP contribution in [0.3, 0.4) is 0 Å². The summed E-state index contributed by atoms with van der Waals surface area (Å²) in [5, 5.41) is 2.72.